The fourth-order valence-corrected chi connectivity index (χ4v) is 2.12. The third-order valence-electron chi connectivity index (χ3n) is 3.19. The largest absolute Gasteiger partial charge is 0.383 e. The second-order valence-corrected chi connectivity index (χ2v) is 4.51. The predicted octanol–water partition coefficient (Wildman–Crippen LogP) is -0.177. The second kappa shape index (κ2) is 8.44. The number of nitrogens with zero attached hydrogens (tertiary/aromatic N) is 1. The molecule has 1 amide bonds. The topological polar surface area (TPSA) is 53.6 Å². The predicted molar refractivity (Wildman–Crippen MR) is 68.0 cm³/mol. The van der Waals surface area contributed by atoms with Gasteiger partial charge in [0.2, 0.25) is 5.91 Å². The lowest BCUT2D eigenvalue weighted by Gasteiger charge is -2.25. The monoisotopic (exact) mass is 243 g/mol. The number of methoxy groups -OCH3 is 1. The van der Waals surface area contributed by atoms with Gasteiger partial charge in [0.1, 0.15) is 0 Å². The van der Waals surface area contributed by atoms with E-state index in [4.69, 9.17) is 4.74 Å². The number of hydrogen-bond donors (Lipinski definition) is 2. The molecule has 2 N–H and O–H groups in total. The molecule has 0 spiro atoms. The number of ether oxygens (including phenoxy) is 1. The van der Waals surface area contributed by atoms with Gasteiger partial charge in [0.15, 0.2) is 0 Å². The second-order valence-electron chi connectivity index (χ2n) is 4.51. The first-order valence-corrected chi connectivity index (χ1v) is 6.41. The summed E-state index contributed by atoms with van der Waals surface area (Å²) in [6, 6.07) is 0.580. The Morgan fingerprint density at radius 2 is 2.35 bits per heavy atom. The molecule has 0 aromatic rings. The van der Waals surface area contributed by atoms with Crippen LogP contribution in [0.15, 0.2) is 0 Å². The quantitative estimate of drug-likeness (QED) is 0.621. The normalized spacial score (nSPS) is 19.8. The van der Waals surface area contributed by atoms with Crippen molar-refractivity contribution in [1.29, 1.82) is 0 Å². The average molecular weight is 243 g/mol. The highest BCUT2D eigenvalue weighted by Gasteiger charge is 2.18. The fraction of sp³-hybridized carbons (Fsp3) is 0.917. The number of carbonyl (C=O) groups excluding carboxylic acids is 1. The summed E-state index contributed by atoms with van der Waals surface area (Å²) in [6.45, 7) is 4.56. The summed E-state index contributed by atoms with van der Waals surface area (Å²) < 4.78 is 5.11. The van der Waals surface area contributed by atoms with Gasteiger partial charge in [-0.1, -0.05) is 0 Å². The smallest absolute Gasteiger partial charge is 0.221 e. The first-order chi connectivity index (χ1) is 8.26. The zero-order valence-electron chi connectivity index (χ0n) is 11.0. The van der Waals surface area contributed by atoms with Crippen molar-refractivity contribution < 1.29 is 9.53 Å². The zero-order valence-corrected chi connectivity index (χ0v) is 11.0. The maximum absolute atomic E-state index is 11.2. The van der Waals surface area contributed by atoms with Crippen LogP contribution in [0.5, 0.6) is 0 Å². The molecule has 0 aliphatic carbocycles. The molecular weight excluding hydrogens is 218 g/mol. The maximum Gasteiger partial charge on any atom is 0.221 e. The summed E-state index contributed by atoms with van der Waals surface area (Å²) in [4.78, 5) is 13.5. The maximum atomic E-state index is 11.2. The summed E-state index contributed by atoms with van der Waals surface area (Å²) >= 11 is 0. The van der Waals surface area contributed by atoms with Crippen molar-refractivity contribution in [3.8, 4) is 0 Å². The highest BCUT2D eigenvalue weighted by atomic mass is 16.5. The molecular formula is C12H25N3O2. The van der Waals surface area contributed by atoms with Crippen LogP contribution in [0.1, 0.15) is 19.3 Å². The molecule has 0 bridgehead atoms. The fourth-order valence-electron chi connectivity index (χ4n) is 2.12. The van der Waals surface area contributed by atoms with Crippen molar-refractivity contribution in [1.82, 2.24) is 15.5 Å². The van der Waals surface area contributed by atoms with E-state index >= 15 is 0 Å². The molecule has 100 valence electrons. The average Bonchev–Trinajstić information content (AvgIpc) is 2.84. The van der Waals surface area contributed by atoms with Crippen LogP contribution in [-0.2, 0) is 9.53 Å². The lowest BCUT2D eigenvalue weighted by Crippen LogP contribution is -2.40. The molecule has 0 radical (unpaired) electrons. The summed E-state index contributed by atoms with van der Waals surface area (Å²) in [6.07, 6.45) is 3.06. The van der Waals surface area contributed by atoms with Gasteiger partial charge in [-0.3, -0.25) is 9.69 Å². The van der Waals surface area contributed by atoms with E-state index in [9.17, 15) is 4.79 Å². The van der Waals surface area contributed by atoms with Crippen molar-refractivity contribution in [3.63, 3.8) is 0 Å². The Kier molecular flexibility index (Phi) is 7.16. The molecule has 1 saturated heterocycles. The van der Waals surface area contributed by atoms with Crippen LogP contribution in [0, 0.1) is 0 Å². The van der Waals surface area contributed by atoms with Crippen molar-refractivity contribution in [2.24, 2.45) is 0 Å². The van der Waals surface area contributed by atoms with Crippen molar-refractivity contribution in [3.05, 3.63) is 0 Å². The standard InChI is InChI=1S/C12H25N3O2/c1-13-12(16)5-7-15(8-9-17-2)10-11-4-3-6-14-11/h11,14H,3-10H2,1-2H3,(H,13,16). The van der Waals surface area contributed by atoms with Crippen molar-refractivity contribution >= 4 is 5.91 Å². The van der Waals surface area contributed by atoms with Crippen LogP contribution in [0.25, 0.3) is 0 Å². The highest BCUT2D eigenvalue weighted by Crippen LogP contribution is 2.07. The first-order valence-electron chi connectivity index (χ1n) is 6.41. The molecule has 1 heterocycles. The van der Waals surface area contributed by atoms with Crippen LogP contribution in [0.4, 0.5) is 0 Å². The number of amides is 1. The van der Waals surface area contributed by atoms with Gasteiger partial charge >= 0.3 is 0 Å². The molecule has 1 rings (SSSR count). The van der Waals surface area contributed by atoms with Crippen molar-refractivity contribution in [2.75, 3.05) is 46.9 Å². The third-order valence-corrected chi connectivity index (χ3v) is 3.19. The van der Waals surface area contributed by atoms with E-state index in [-0.39, 0.29) is 5.91 Å². The van der Waals surface area contributed by atoms with Gasteiger partial charge in [0.25, 0.3) is 0 Å². The summed E-state index contributed by atoms with van der Waals surface area (Å²) in [5.41, 5.74) is 0. The number of rotatable bonds is 8. The Bertz CT molecular complexity index is 218. The number of nitrogens with one attached hydrogen (secondary N) is 2. The van der Waals surface area contributed by atoms with Gasteiger partial charge in [0, 0.05) is 46.3 Å². The molecule has 1 unspecified atom stereocenters. The van der Waals surface area contributed by atoms with Crippen LogP contribution >= 0.6 is 0 Å². The first kappa shape index (κ1) is 14.4. The minimum absolute atomic E-state index is 0.104. The highest BCUT2D eigenvalue weighted by molar-refractivity contribution is 5.75. The minimum atomic E-state index is 0.104. The van der Waals surface area contributed by atoms with E-state index in [1.165, 1.54) is 12.8 Å². The van der Waals surface area contributed by atoms with Gasteiger partial charge in [-0.05, 0) is 19.4 Å². The summed E-state index contributed by atoms with van der Waals surface area (Å²) in [5, 5.41) is 6.14. The SMILES string of the molecule is CNC(=O)CCN(CCOC)CC1CCCN1. The van der Waals surface area contributed by atoms with Gasteiger partial charge in [0.05, 0.1) is 6.61 Å². The van der Waals surface area contributed by atoms with Gasteiger partial charge in [-0.25, -0.2) is 0 Å². The van der Waals surface area contributed by atoms with Crippen LogP contribution in [-0.4, -0.2) is 63.8 Å². The van der Waals surface area contributed by atoms with E-state index in [1.807, 2.05) is 0 Å². The molecule has 0 saturated carbocycles. The van der Waals surface area contributed by atoms with Gasteiger partial charge in [-0.15, -0.1) is 0 Å². The number of hydrogen-bond acceptors (Lipinski definition) is 4. The van der Waals surface area contributed by atoms with E-state index < -0.39 is 0 Å². The molecule has 1 aliphatic rings. The minimum Gasteiger partial charge on any atom is -0.383 e. The zero-order chi connectivity index (χ0) is 12.5. The van der Waals surface area contributed by atoms with E-state index in [1.54, 1.807) is 14.2 Å². The number of carbonyl (C=O) groups is 1. The van der Waals surface area contributed by atoms with Gasteiger partial charge in [-0.2, -0.15) is 0 Å². The Labute approximate surface area is 104 Å². The molecule has 5 nitrogen and oxygen atoms in total. The summed E-state index contributed by atoms with van der Waals surface area (Å²) in [5.74, 6) is 0.104. The Hall–Kier alpha value is -0.650. The molecule has 1 aliphatic heterocycles. The molecule has 1 fully saturated rings. The van der Waals surface area contributed by atoms with E-state index in [2.05, 4.69) is 15.5 Å². The molecule has 1 atom stereocenters. The van der Waals surface area contributed by atoms with Crippen LogP contribution < -0.4 is 10.6 Å². The Balaban J connectivity index is 2.27. The van der Waals surface area contributed by atoms with Crippen LogP contribution in [0.2, 0.25) is 0 Å². The third kappa shape index (κ3) is 6.00. The molecule has 17 heavy (non-hydrogen) atoms. The molecule has 0 aromatic heterocycles. The van der Waals surface area contributed by atoms with Crippen LogP contribution in [0.3, 0.4) is 0 Å². The van der Waals surface area contributed by atoms with Gasteiger partial charge < -0.3 is 15.4 Å². The lowest BCUT2D eigenvalue weighted by molar-refractivity contribution is -0.121. The molecule has 0 aromatic carbocycles. The molecule has 5 heteroatoms. The summed E-state index contributed by atoms with van der Waals surface area (Å²) in [7, 11) is 3.39. The van der Waals surface area contributed by atoms with E-state index in [0.29, 0.717) is 12.5 Å². The lowest BCUT2D eigenvalue weighted by atomic mass is 10.2. The Morgan fingerprint density at radius 3 is 2.94 bits per heavy atom. The Morgan fingerprint density at radius 1 is 1.53 bits per heavy atom. The van der Waals surface area contributed by atoms with Crippen molar-refractivity contribution in [2.45, 2.75) is 25.3 Å². The van der Waals surface area contributed by atoms with E-state index in [0.717, 1.165) is 32.8 Å².